The van der Waals surface area contributed by atoms with Gasteiger partial charge in [0.15, 0.2) is 0 Å². The molecular weight excluding hydrogens is 282 g/mol. The minimum absolute atomic E-state index is 0.0113. The van der Waals surface area contributed by atoms with Gasteiger partial charge in [0.05, 0.1) is 18.7 Å². The highest BCUT2D eigenvalue weighted by Gasteiger charge is 2.30. The summed E-state index contributed by atoms with van der Waals surface area (Å²) in [6.07, 6.45) is 7.59. The molecule has 1 aliphatic heterocycles. The highest BCUT2D eigenvalue weighted by molar-refractivity contribution is 5.94. The van der Waals surface area contributed by atoms with Gasteiger partial charge in [-0.2, -0.15) is 10.2 Å². The Balaban J connectivity index is 1.72. The topological polar surface area (TPSA) is 77.9 Å². The van der Waals surface area contributed by atoms with Crippen LogP contribution in [0.25, 0.3) is 0 Å². The number of anilines is 1. The highest BCUT2D eigenvalue weighted by Crippen LogP contribution is 2.36. The molecule has 7 heteroatoms. The zero-order valence-electron chi connectivity index (χ0n) is 12.1. The SMILES string of the molecule is Cn1cc(C2CC(=O)Nc3c2cnn3Cc2ccco2)cn1. The third-order valence-corrected chi connectivity index (χ3v) is 3.90. The first kappa shape index (κ1) is 12.9. The quantitative estimate of drug-likeness (QED) is 0.798. The molecule has 0 saturated carbocycles. The number of carbonyl (C=O) groups excluding carboxylic acids is 1. The zero-order valence-corrected chi connectivity index (χ0v) is 12.1. The van der Waals surface area contributed by atoms with E-state index in [1.54, 1.807) is 21.8 Å². The van der Waals surface area contributed by atoms with Crippen molar-refractivity contribution in [3.8, 4) is 0 Å². The number of fused-ring (bicyclic) bond motifs is 1. The van der Waals surface area contributed by atoms with E-state index in [-0.39, 0.29) is 11.8 Å². The van der Waals surface area contributed by atoms with Gasteiger partial charge in [0.25, 0.3) is 0 Å². The smallest absolute Gasteiger partial charge is 0.226 e. The van der Waals surface area contributed by atoms with Gasteiger partial charge in [-0.3, -0.25) is 9.48 Å². The molecule has 0 aromatic carbocycles. The predicted molar refractivity (Wildman–Crippen MR) is 78.3 cm³/mol. The lowest BCUT2D eigenvalue weighted by atomic mass is 9.89. The van der Waals surface area contributed by atoms with Crippen LogP contribution in [0.3, 0.4) is 0 Å². The van der Waals surface area contributed by atoms with Crippen molar-refractivity contribution < 1.29 is 9.21 Å². The van der Waals surface area contributed by atoms with E-state index < -0.39 is 0 Å². The van der Waals surface area contributed by atoms with Gasteiger partial charge in [0, 0.05) is 31.1 Å². The lowest BCUT2D eigenvalue weighted by Gasteiger charge is -2.22. The maximum atomic E-state index is 12.1. The van der Waals surface area contributed by atoms with E-state index in [0.29, 0.717) is 13.0 Å². The van der Waals surface area contributed by atoms with Crippen molar-refractivity contribution in [3.63, 3.8) is 0 Å². The van der Waals surface area contributed by atoms with Crippen LogP contribution in [0.15, 0.2) is 41.4 Å². The Morgan fingerprint density at radius 2 is 2.32 bits per heavy atom. The second-order valence-electron chi connectivity index (χ2n) is 5.44. The predicted octanol–water partition coefficient (Wildman–Crippen LogP) is 1.73. The van der Waals surface area contributed by atoms with Crippen molar-refractivity contribution in [2.24, 2.45) is 7.05 Å². The molecule has 4 rings (SSSR count). The van der Waals surface area contributed by atoms with E-state index in [1.807, 2.05) is 31.6 Å². The molecule has 112 valence electrons. The van der Waals surface area contributed by atoms with Crippen LogP contribution >= 0.6 is 0 Å². The minimum Gasteiger partial charge on any atom is -0.467 e. The van der Waals surface area contributed by atoms with Gasteiger partial charge in [0.1, 0.15) is 18.1 Å². The maximum absolute atomic E-state index is 12.1. The van der Waals surface area contributed by atoms with Crippen LogP contribution in [0.2, 0.25) is 0 Å². The van der Waals surface area contributed by atoms with Crippen LogP contribution < -0.4 is 5.32 Å². The molecule has 0 fully saturated rings. The van der Waals surface area contributed by atoms with E-state index in [1.165, 1.54) is 0 Å². The molecule has 1 amide bonds. The Hall–Kier alpha value is -2.83. The lowest BCUT2D eigenvalue weighted by molar-refractivity contribution is -0.116. The summed E-state index contributed by atoms with van der Waals surface area (Å²) < 4.78 is 8.86. The standard InChI is InChI=1S/C15H15N5O2/c1-19-8-10(6-16-19)12-5-14(21)18-15-13(12)7-17-20(15)9-11-3-2-4-22-11/h2-4,6-8,12H,5,9H2,1H3,(H,18,21). The molecule has 3 aromatic rings. The number of aromatic nitrogens is 4. The fraction of sp³-hybridized carbons (Fsp3) is 0.267. The first-order valence-electron chi connectivity index (χ1n) is 7.07. The first-order chi connectivity index (χ1) is 10.7. The van der Waals surface area contributed by atoms with E-state index in [2.05, 4.69) is 15.5 Å². The average Bonchev–Trinajstić information content (AvgIpc) is 3.21. The molecule has 3 aromatic heterocycles. The molecule has 0 bridgehead atoms. The van der Waals surface area contributed by atoms with Gasteiger partial charge in [-0.25, -0.2) is 4.68 Å². The van der Waals surface area contributed by atoms with Crippen LogP contribution in [0.1, 0.15) is 29.2 Å². The fourth-order valence-electron chi connectivity index (χ4n) is 2.86. The zero-order chi connectivity index (χ0) is 15.1. The number of rotatable bonds is 3. The van der Waals surface area contributed by atoms with Gasteiger partial charge in [-0.05, 0) is 17.7 Å². The fourth-order valence-corrected chi connectivity index (χ4v) is 2.86. The molecular formula is C15H15N5O2. The Kier molecular flexibility index (Phi) is 2.85. The number of hydrogen-bond acceptors (Lipinski definition) is 4. The summed E-state index contributed by atoms with van der Waals surface area (Å²) in [5, 5.41) is 11.5. The highest BCUT2D eigenvalue weighted by atomic mass is 16.3. The Morgan fingerprint density at radius 1 is 1.41 bits per heavy atom. The van der Waals surface area contributed by atoms with Crippen LogP contribution in [0.4, 0.5) is 5.82 Å². The Morgan fingerprint density at radius 3 is 3.05 bits per heavy atom. The molecule has 0 aliphatic carbocycles. The molecule has 22 heavy (non-hydrogen) atoms. The normalized spacial score (nSPS) is 17.3. The summed E-state index contributed by atoms with van der Waals surface area (Å²) in [6.45, 7) is 0.488. The molecule has 1 atom stereocenters. The van der Waals surface area contributed by atoms with E-state index >= 15 is 0 Å². The lowest BCUT2D eigenvalue weighted by Crippen LogP contribution is -2.24. The molecule has 0 radical (unpaired) electrons. The van der Waals surface area contributed by atoms with Crippen molar-refractivity contribution in [2.75, 3.05) is 5.32 Å². The van der Waals surface area contributed by atoms with Gasteiger partial charge >= 0.3 is 0 Å². The van der Waals surface area contributed by atoms with Crippen molar-refractivity contribution in [2.45, 2.75) is 18.9 Å². The van der Waals surface area contributed by atoms with E-state index in [9.17, 15) is 4.79 Å². The Bertz CT molecular complexity index is 815. The number of aryl methyl sites for hydroxylation is 1. The summed E-state index contributed by atoms with van der Waals surface area (Å²) in [5.41, 5.74) is 2.04. The molecule has 1 unspecified atom stereocenters. The summed E-state index contributed by atoms with van der Waals surface area (Å²) in [4.78, 5) is 12.1. The number of hydrogen-bond donors (Lipinski definition) is 1. The second-order valence-corrected chi connectivity index (χ2v) is 5.44. The second kappa shape index (κ2) is 4.87. The van der Waals surface area contributed by atoms with E-state index in [0.717, 1.165) is 22.7 Å². The van der Waals surface area contributed by atoms with Gasteiger partial charge in [-0.15, -0.1) is 0 Å². The summed E-state index contributed by atoms with van der Waals surface area (Å²) in [6, 6.07) is 3.72. The van der Waals surface area contributed by atoms with Crippen LogP contribution in [-0.2, 0) is 18.4 Å². The van der Waals surface area contributed by atoms with Crippen molar-refractivity contribution in [3.05, 3.63) is 53.9 Å². The van der Waals surface area contributed by atoms with E-state index in [4.69, 9.17) is 4.42 Å². The minimum atomic E-state index is -0.0115. The van der Waals surface area contributed by atoms with Gasteiger partial charge in [0.2, 0.25) is 5.91 Å². The Labute approximate surface area is 126 Å². The summed E-state index contributed by atoms with van der Waals surface area (Å²) >= 11 is 0. The van der Waals surface area contributed by atoms with Crippen molar-refractivity contribution >= 4 is 11.7 Å². The summed E-state index contributed by atoms with van der Waals surface area (Å²) in [7, 11) is 1.87. The number of carbonyl (C=O) groups is 1. The number of nitrogens with zero attached hydrogens (tertiary/aromatic N) is 4. The third-order valence-electron chi connectivity index (χ3n) is 3.90. The van der Waals surface area contributed by atoms with Crippen LogP contribution in [-0.4, -0.2) is 25.5 Å². The van der Waals surface area contributed by atoms with Crippen molar-refractivity contribution in [1.29, 1.82) is 0 Å². The molecule has 1 aliphatic rings. The van der Waals surface area contributed by atoms with Crippen LogP contribution in [0.5, 0.6) is 0 Å². The van der Waals surface area contributed by atoms with Crippen molar-refractivity contribution in [1.82, 2.24) is 19.6 Å². The molecule has 7 nitrogen and oxygen atoms in total. The number of nitrogens with one attached hydrogen (secondary N) is 1. The molecule has 0 spiro atoms. The first-order valence-corrected chi connectivity index (χ1v) is 7.07. The number of furan rings is 1. The monoisotopic (exact) mass is 297 g/mol. The van der Waals surface area contributed by atoms with Gasteiger partial charge in [-0.1, -0.05) is 0 Å². The largest absolute Gasteiger partial charge is 0.467 e. The summed E-state index contributed by atoms with van der Waals surface area (Å²) in [5.74, 6) is 1.51. The molecule has 4 heterocycles. The van der Waals surface area contributed by atoms with Crippen LogP contribution in [0, 0.1) is 0 Å². The average molecular weight is 297 g/mol. The van der Waals surface area contributed by atoms with Gasteiger partial charge < -0.3 is 9.73 Å². The maximum Gasteiger partial charge on any atom is 0.226 e. The molecule has 1 N–H and O–H groups in total. The number of amides is 1. The third kappa shape index (κ3) is 2.11. The molecule has 0 saturated heterocycles.